The third-order valence-electron chi connectivity index (χ3n) is 5.90. The van der Waals surface area contributed by atoms with E-state index in [2.05, 4.69) is 0 Å². The Balaban J connectivity index is 1.81. The molecule has 1 aliphatic heterocycles. The van der Waals surface area contributed by atoms with E-state index in [1.54, 1.807) is 18.2 Å². The number of carbonyl (C=O) groups is 1. The molecular weight excluding hydrogens is 440 g/mol. The molecule has 8 nitrogen and oxygen atoms in total. The average Bonchev–Trinajstić information content (AvgIpc) is 2.82. The van der Waals surface area contributed by atoms with E-state index in [1.165, 1.54) is 32.4 Å². The number of fused-ring (bicyclic) bond motifs is 3. The van der Waals surface area contributed by atoms with Crippen LogP contribution in [0.4, 0.5) is 0 Å². The number of carbonyl (C=O) groups excluding carboxylic acids is 1. The number of phenols is 2. The first-order chi connectivity index (χ1) is 16.4. The molecule has 0 fully saturated rings. The zero-order chi connectivity index (χ0) is 24.0. The van der Waals surface area contributed by atoms with Crippen LogP contribution in [0, 0.1) is 0 Å². The molecule has 0 unspecified atom stereocenters. The van der Waals surface area contributed by atoms with Gasteiger partial charge in [0.15, 0.2) is 16.9 Å². The predicted molar refractivity (Wildman–Crippen MR) is 123 cm³/mol. The van der Waals surface area contributed by atoms with Crippen LogP contribution in [-0.2, 0) is 4.79 Å². The van der Waals surface area contributed by atoms with Crippen LogP contribution in [0.3, 0.4) is 0 Å². The first-order valence-corrected chi connectivity index (χ1v) is 10.5. The van der Waals surface area contributed by atoms with Gasteiger partial charge < -0.3 is 28.8 Å². The Morgan fingerprint density at radius 2 is 1.68 bits per heavy atom. The molecule has 2 heterocycles. The minimum absolute atomic E-state index is 0.00941. The molecule has 172 valence electrons. The van der Waals surface area contributed by atoms with Gasteiger partial charge in [-0.2, -0.15) is 0 Å². The molecule has 0 amide bonds. The summed E-state index contributed by atoms with van der Waals surface area (Å²) in [7, 11) is 2.96. The van der Waals surface area contributed by atoms with Crippen molar-refractivity contribution < 1.29 is 33.6 Å². The van der Waals surface area contributed by atoms with Crippen molar-refractivity contribution in [3.63, 3.8) is 0 Å². The molecule has 1 atom stereocenters. The van der Waals surface area contributed by atoms with Gasteiger partial charge in [0, 0.05) is 34.7 Å². The van der Waals surface area contributed by atoms with Gasteiger partial charge in [-0.1, -0.05) is 18.2 Å². The fraction of sp³-hybridized carbons (Fsp3) is 0.154. The largest absolute Gasteiger partial charge is 0.507 e. The van der Waals surface area contributed by atoms with Crippen LogP contribution in [0.25, 0.3) is 22.3 Å². The first-order valence-electron chi connectivity index (χ1n) is 10.5. The van der Waals surface area contributed by atoms with E-state index in [-0.39, 0.29) is 46.1 Å². The van der Waals surface area contributed by atoms with E-state index in [9.17, 15) is 19.8 Å². The second-order valence-electron chi connectivity index (χ2n) is 7.85. The van der Waals surface area contributed by atoms with Gasteiger partial charge in [-0.3, -0.25) is 9.59 Å². The normalized spacial score (nSPS) is 15.0. The Hall–Kier alpha value is -4.46. The van der Waals surface area contributed by atoms with Gasteiger partial charge in [0.05, 0.1) is 20.6 Å². The van der Waals surface area contributed by atoms with Crippen LogP contribution in [0.1, 0.15) is 23.5 Å². The first kappa shape index (κ1) is 21.4. The molecule has 34 heavy (non-hydrogen) atoms. The van der Waals surface area contributed by atoms with Crippen LogP contribution in [0.5, 0.6) is 28.7 Å². The van der Waals surface area contributed by atoms with E-state index in [0.717, 1.165) is 0 Å². The van der Waals surface area contributed by atoms with Crippen molar-refractivity contribution in [1.29, 1.82) is 0 Å². The number of methoxy groups -OCH3 is 2. The number of esters is 1. The monoisotopic (exact) mass is 460 g/mol. The Bertz CT molecular complexity index is 1500. The molecule has 8 heteroatoms. The zero-order valence-electron chi connectivity index (χ0n) is 18.3. The van der Waals surface area contributed by atoms with Crippen LogP contribution in [0.15, 0.2) is 63.8 Å². The number of ether oxygens (including phenoxy) is 3. The molecule has 4 aromatic rings. The molecule has 1 aromatic heterocycles. The maximum atomic E-state index is 13.1. The lowest BCUT2D eigenvalue weighted by Gasteiger charge is -2.27. The van der Waals surface area contributed by atoms with Crippen LogP contribution in [0.2, 0.25) is 0 Å². The maximum absolute atomic E-state index is 13.1. The average molecular weight is 460 g/mol. The number of aromatic hydroxyl groups is 2. The standard InChI is InChI=1S/C26H20O8/c1-31-19-6-4-3-5-14(19)15-10-23(30)33-22-12-18(29)25-17(28)11-21(34-26(25)24(15)22)13-7-8-20(32-2)16(27)9-13/h3-9,11-12,15,27,29H,10H2,1-2H3/t15-/m1/s1. The number of hydrogen-bond acceptors (Lipinski definition) is 8. The highest BCUT2D eigenvalue weighted by Gasteiger charge is 2.35. The van der Waals surface area contributed by atoms with Crippen molar-refractivity contribution in [3.8, 4) is 40.1 Å². The lowest BCUT2D eigenvalue weighted by molar-refractivity contribution is -0.135. The number of rotatable bonds is 4. The molecule has 3 aromatic carbocycles. The van der Waals surface area contributed by atoms with Crippen molar-refractivity contribution in [1.82, 2.24) is 0 Å². The fourth-order valence-corrected chi connectivity index (χ4v) is 4.36. The van der Waals surface area contributed by atoms with Crippen molar-refractivity contribution in [2.45, 2.75) is 12.3 Å². The summed E-state index contributed by atoms with van der Waals surface area (Å²) in [5, 5.41) is 20.8. The zero-order valence-corrected chi connectivity index (χ0v) is 18.3. The molecule has 2 N–H and O–H groups in total. The van der Waals surface area contributed by atoms with Crippen molar-refractivity contribution >= 4 is 16.9 Å². The number of benzene rings is 3. The van der Waals surface area contributed by atoms with Gasteiger partial charge in [0.25, 0.3) is 0 Å². The van der Waals surface area contributed by atoms with Crippen LogP contribution < -0.4 is 19.6 Å². The highest BCUT2D eigenvalue weighted by Crippen LogP contribution is 2.47. The van der Waals surface area contributed by atoms with Gasteiger partial charge in [-0.05, 0) is 24.3 Å². The molecule has 0 spiro atoms. The second kappa shape index (κ2) is 8.15. The highest BCUT2D eigenvalue weighted by molar-refractivity contribution is 5.93. The van der Waals surface area contributed by atoms with Crippen molar-refractivity contribution in [2.75, 3.05) is 14.2 Å². The van der Waals surface area contributed by atoms with E-state index >= 15 is 0 Å². The molecule has 1 aliphatic rings. The van der Waals surface area contributed by atoms with Crippen LogP contribution in [-0.4, -0.2) is 30.4 Å². The Morgan fingerprint density at radius 1 is 0.912 bits per heavy atom. The number of para-hydroxylation sites is 1. The summed E-state index contributed by atoms with van der Waals surface area (Å²) in [6, 6.07) is 14.3. The molecular formula is C26H20O8. The summed E-state index contributed by atoms with van der Waals surface area (Å²) in [6.45, 7) is 0. The summed E-state index contributed by atoms with van der Waals surface area (Å²) < 4.78 is 22.2. The Kier molecular flexibility index (Phi) is 5.13. The highest BCUT2D eigenvalue weighted by atomic mass is 16.5. The third kappa shape index (κ3) is 3.40. The van der Waals surface area contributed by atoms with Gasteiger partial charge in [0.1, 0.15) is 34.0 Å². The molecule has 0 aliphatic carbocycles. The predicted octanol–water partition coefficient (Wildman–Crippen LogP) is 4.33. The lowest BCUT2D eigenvalue weighted by Crippen LogP contribution is -2.22. The molecule has 0 saturated carbocycles. The minimum Gasteiger partial charge on any atom is -0.507 e. The van der Waals surface area contributed by atoms with E-state index in [1.807, 2.05) is 18.2 Å². The number of phenolic OH excluding ortho intramolecular Hbond substituents is 2. The second-order valence-corrected chi connectivity index (χ2v) is 7.85. The summed E-state index contributed by atoms with van der Waals surface area (Å²) in [5.41, 5.74) is 1.20. The minimum atomic E-state index is -0.543. The summed E-state index contributed by atoms with van der Waals surface area (Å²) >= 11 is 0. The van der Waals surface area contributed by atoms with Gasteiger partial charge >= 0.3 is 5.97 Å². The van der Waals surface area contributed by atoms with Gasteiger partial charge in [-0.15, -0.1) is 0 Å². The fourth-order valence-electron chi connectivity index (χ4n) is 4.36. The molecule has 0 bridgehead atoms. The summed E-state index contributed by atoms with van der Waals surface area (Å²) in [6.07, 6.45) is -0.00941. The lowest BCUT2D eigenvalue weighted by atomic mass is 9.84. The quantitative estimate of drug-likeness (QED) is 0.342. The Morgan fingerprint density at radius 3 is 2.41 bits per heavy atom. The van der Waals surface area contributed by atoms with Crippen molar-refractivity contribution in [3.05, 3.63) is 75.9 Å². The van der Waals surface area contributed by atoms with E-state index in [0.29, 0.717) is 22.4 Å². The SMILES string of the molecule is COc1ccc(-c2cc(=O)c3c(O)cc4c(c3o2)[C@@H](c2ccccc2OC)CC(=O)O4)cc1O. The van der Waals surface area contributed by atoms with Gasteiger partial charge in [0.2, 0.25) is 0 Å². The summed E-state index contributed by atoms with van der Waals surface area (Å²) in [4.78, 5) is 25.5. The van der Waals surface area contributed by atoms with E-state index < -0.39 is 17.3 Å². The summed E-state index contributed by atoms with van der Waals surface area (Å²) in [5.74, 6) is -0.410. The Labute approximate surface area is 193 Å². The maximum Gasteiger partial charge on any atom is 0.312 e. The van der Waals surface area contributed by atoms with Gasteiger partial charge in [-0.25, -0.2) is 0 Å². The third-order valence-corrected chi connectivity index (χ3v) is 5.90. The smallest absolute Gasteiger partial charge is 0.312 e. The van der Waals surface area contributed by atoms with Crippen molar-refractivity contribution in [2.24, 2.45) is 0 Å². The van der Waals surface area contributed by atoms with E-state index in [4.69, 9.17) is 18.6 Å². The number of hydrogen-bond donors (Lipinski definition) is 2. The van der Waals surface area contributed by atoms with Crippen LogP contribution >= 0.6 is 0 Å². The molecule has 0 saturated heterocycles. The molecule has 0 radical (unpaired) electrons. The topological polar surface area (TPSA) is 115 Å². The molecule has 5 rings (SSSR count).